The van der Waals surface area contributed by atoms with Crippen LogP contribution in [0.2, 0.25) is 0 Å². The zero-order valence-corrected chi connectivity index (χ0v) is 16.4. The highest BCUT2D eigenvalue weighted by molar-refractivity contribution is 5.88. The molecule has 27 heavy (non-hydrogen) atoms. The lowest BCUT2D eigenvalue weighted by Gasteiger charge is -2.21. The molecule has 0 radical (unpaired) electrons. The van der Waals surface area contributed by atoms with Gasteiger partial charge in [-0.3, -0.25) is 19.2 Å². The molecule has 0 saturated carbocycles. The lowest BCUT2D eigenvalue weighted by Crippen LogP contribution is -2.48. The van der Waals surface area contributed by atoms with Crippen LogP contribution >= 0.6 is 0 Å². The van der Waals surface area contributed by atoms with E-state index in [0.717, 1.165) is 12.8 Å². The highest BCUT2D eigenvalue weighted by Crippen LogP contribution is 2.07. The molecule has 4 amide bonds. The van der Waals surface area contributed by atoms with Crippen molar-refractivity contribution in [3.63, 3.8) is 0 Å². The number of carbonyl (C=O) groups is 4. The average Bonchev–Trinajstić information content (AvgIpc) is 2.62. The van der Waals surface area contributed by atoms with Crippen LogP contribution in [0, 0.1) is 0 Å². The van der Waals surface area contributed by atoms with Gasteiger partial charge in [0.05, 0.1) is 6.04 Å². The van der Waals surface area contributed by atoms with Crippen molar-refractivity contribution in [3.8, 4) is 0 Å². The molecule has 2 atom stereocenters. The van der Waals surface area contributed by atoms with Gasteiger partial charge in [-0.2, -0.15) is 0 Å². The van der Waals surface area contributed by atoms with Crippen LogP contribution in [0.1, 0.15) is 59.8 Å². The molecule has 1 heterocycles. The summed E-state index contributed by atoms with van der Waals surface area (Å²) < 4.78 is 0. The normalized spacial score (nSPS) is 15.4. The molecule has 0 aliphatic carbocycles. The fourth-order valence-corrected chi connectivity index (χ4v) is 1.99. The van der Waals surface area contributed by atoms with E-state index < -0.39 is 6.04 Å². The zero-order valence-electron chi connectivity index (χ0n) is 16.4. The summed E-state index contributed by atoms with van der Waals surface area (Å²) in [5.74, 6) is -0.693. The molecular formula is C17H40N6O4. The number of carbonyl (C=O) groups excluding carboxylic acids is 4. The van der Waals surface area contributed by atoms with E-state index in [9.17, 15) is 19.2 Å². The molecule has 10 N–H and O–H groups in total. The first-order chi connectivity index (χ1) is 11.8. The maximum absolute atomic E-state index is 11.0. The second-order valence-corrected chi connectivity index (χ2v) is 5.21. The summed E-state index contributed by atoms with van der Waals surface area (Å²) in [5, 5.41) is 7.54. The predicted octanol–water partition coefficient (Wildman–Crippen LogP) is -0.0593. The maximum atomic E-state index is 11.0. The Bertz CT molecular complexity index is 432. The zero-order chi connectivity index (χ0) is 19.8. The van der Waals surface area contributed by atoms with E-state index in [0.29, 0.717) is 19.3 Å². The molecule has 1 aliphatic rings. The number of rotatable bonds is 6. The predicted molar refractivity (Wildman–Crippen MR) is 108 cm³/mol. The van der Waals surface area contributed by atoms with Crippen LogP contribution < -0.4 is 33.6 Å². The molecule has 2 unspecified atom stereocenters. The summed E-state index contributed by atoms with van der Waals surface area (Å²) in [4.78, 5) is 42.9. The molecule has 1 fully saturated rings. The van der Waals surface area contributed by atoms with Gasteiger partial charge in [-0.05, 0) is 25.7 Å². The van der Waals surface area contributed by atoms with Gasteiger partial charge in [0.25, 0.3) is 0 Å². The van der Waals surface area contributed by atoms with Crippen molar-refractivity contribution >= 4 is 23.6 Å². The minimum atomic E-state index is -0.533. The minimum absolute atomic E-state index is 0. The lowest BCUT2D eigenvalue weighted by atomic mass is 10.0. The molecule has 1 rings (SSSR count). The van der Waals surface area contributed by atoms with E-state index in [1.807, 2.05) is 13.8 Å². The third-order valence-electron chi connectivity index (χ3n) is 3.32. The van der Waals surface area contributed by atoms with Gasteiger partial charge < -0.3 is 33.6 Å². The fraction of sp³-hybridized carbons (Fsp3) is 0.765. The highest BCUT2D eigenvalue weighted by Gasteiger charge is 2.23. The molecule has 0 bridgehead atoms. The largest absolute Gasteiger partial charge is 0.370 e. The number of nitrogens with one attached hydrogen (secondary N) is 3. The van der Waals surface area contributed by atoms with Gasteiger partial charge in [-0.15, -0.1) is 0 Å². The molecule has 10 heteroatoms. The molecular weight excluding hydrogens is 352 g/mol. The molecule has 0 spiro atoms. The van der Waals surface area contributed by atoms with Gasteiger partial charge >= 0.3 is 0 Å². The van der Waals surface area contributed by atoms with Gasteiger partial charge in [0.2, 0.25) is 23.6 Å². The van der Waals surface area contributed by atoms with Crippen LogP contribution in [0.5, 0.6) is 0 Å². The van der Waals surface area contributed by atoms with Gasteiger partial charge in [0, 0.05) is 26.9 Å². The Hall–Kier alpha value is -2.20. The Kier molecular flexibility index (Phi) is 24.2. The smallest absolute Gasteiger partial charge is 0.242 e. The van der Waals surface area contributed by atoms with Crippen molar-refractivity contribution in [2.75, 3.05) is 14.1 Å². The Morgan fingerprint density at radius 1 is 1.22 bits per heavy atom. The number of nitrogens with two attached hydrogens (primary N) is 2. The topological polar surface area (TPSA) is 191 Å². The van der Waals surface area contributed by atoms with E-state index >= 15 is 0 Å². The van der Waals surface area contributed by atoms with Crippen molar-refractivity contribution in [3.05, 3.63) is 0 Å². The van der Waals surface area contributed by atoms with Crippen LogP contribution in [-0.2, 0) is 19.2 Å². The standard InChI is InChI=1S/C7H15N3O2.C7H12N2O2.C2H6.CH4.H3N/c1-10-7(12)5(8)3-2-4-6(9)11;1-8-7(11)5-3-2-4-6(10)9-5;1-2;;/h5H,2-4,8H2,1H3,(H2,9,11)(H,10,12);5H,2-4H2,1H3,(H,8,11)(H,9,10);1-2H3;1H4;1H3. The summed E-state index contributed by atoms with van der Waals surface area (Å²) in [5.41, 5.74) is 10.4. The number of piperidine rings is 1. The first-order valence-electron chi connectivity index (χ1n) is 8.58. The summed E-state index contributed by atoms with van der Waals surface area (Å²) >= 11 is 0. The van der Waals surface area contributed by atoms with Crippen LogP contribution in [0.15, 0.2) is 0 Å². The monoisotopic (exact) mass is 392 g/mol. The molecule has 1 aliphatic heterocycles. The average molecular weight is 393 g/mol. The maximum Gasteiger partial charge on any atom is 0.242 e. The van der Waals surface area contributed by atoms with Crippen molar-refractivity contribution in [1.82, 2.24) is 22.1 Å². The van der Waals surface area contributed by atoms with E-state index in [4.69, 9.17) is 11.5 Å². The number of hydrogen-bond donors (Lipinski definition) is 6. The van der Waals surface area contributed by atoms with E-state index in [1.165, 1.54) is 7.05 Å². The minimum Gasteiger partial charge on any atom is -0.370 e. The van der Waals surface area contributed by atoms with Crippen LogP contribution in [0.25, 0.3) is 0 Å². The molecule has 0 aromatic rings. The molecule has 1 saturated heterocycles. The summed E-state index contributed by atoms with van der Waals surface area (Å²) in [6.07, 6.45) is 3.44. The number of likely N-dealkylation sites (N-methyl/N-ethyl adjacent to an activating group) is 2. The van der Waals surface area contributed by atoms with Crippen LogP contribution in [0.4, 0.5) is 0 Å². The summed E-state index contributed by atoms with van der Waals surface area (Å²) in [6.45, 7) is 4.00. The van der Waals surface area contributed by atoms with Gasteiger partial charge in [0.1, 0.15) is 6.04 Å². The van der Waals surface area contributed by atoms with Gasteiger partial charge in [0.15, 0.2) is 0 Å². The first kappa shape index (κ1) is 32.5. The Morgan fingerprint density at radius 2 is 1.78 bits per heavy atom. The summed E-state index contributed by atoms with van der Waals surface area (Å²) in [6, 6.07) is -0.837. The van der Waals surface area contributed by atoms with Crippen molar-refractivity contribution in [2.45, 2.75) is 71.9 Å². The van der Waals surface area contributed by atoms with Crippen LogP contribution in [0.3, 0.4) is 0 Å². The van der Waals surface area contributed by atoms with Crippen molar-refractivity contribution in [1.29, 1.82) is 0 Å². The molecule has 162 valence electrons. The second-order valence-electron chi connectivity index (χ2n) is 5.21. The third kappa shape index (κ3) is 17.0. The van der Waals surface area contributed by atoms with Gasteiger partial charge in [-0.1, -0.05) is 21.3 Å². The molecule has 0 aromatic heterocycles. The van der Waals surface area contributed by atoms with Crippen molar-refractivity contribution < 1.29 is 19.2 Å². The van der Waals surface area contributed by atoms with E-state index in [1.54, 1.807) is 7.05 Å². The fourth-order valence-electron chi connectivity index (χ4n) is 1.99. The molecule has 10 nitrogen and oxygen atoms in total. The Morgan fingerprint density at radius 3 is 2.19 bits per heavy atom. The SMILES string of the molecule is C.CC.CNC(=O)C(N)CCCC(N)=O.CNC(=O)C1CCCC(=O)N1.N. The quantitative estimate of drug-likeness (QED) is 0.366. The number of amides is 4. The summed E-state index contributed by atoms with van der Waals surface area (Å²) in [7, 11) is 3.10. The number of primary amides is 1. The Labute approximate surface area is 163 Å². The Balaban J connectivity index is -0.000000168. The highest BCUT2D eigenvalue weighted by atomic mass is 16.2. The van der Waals surface area contributed by atoms with Crippen molar-refractivity contribution in [2.24, 2.45) is 11.5 Å². The lowest BCUT2D eigenvalue weighted by molar-refractivity contribution is -0.130. The van der Waals surface area contributed by atoms with E-state index in [2.05, 4.69) is 16.0 Å². The van der Waals surface area contributed by atoms with Gasteiger partial charge in [-0.25, -0.2) is 0 Å². The van der Waals surface area contributed by atoms with E-state index in [-0.39, 0.29) is 49.7 Å². The second kappa shape index (κ2) is 20.1. The number of hydrogen-bond acceptors (Lipinski definition) is 6. The molecule has 0 aromatic carbocycles. The first-order valence-corrected chi connectivity index (χ1v) is 8.58. The van der Waals surface area contributed by atoms with Crippen LogP contribution in [-0.4, -0.2) is 49.8 Å². The third-order valence-corrected chi connectivity index (χ3v) is 3.32.